The highest BCUT2D eigenvalue weighted by Crippen LogP contribution is 2.16. The molecule has 1 amide bonds. The minimum absolute atomic E-state index is 0.0504. The molecule has 1 aromatic rings. The lowest BCUT2D eigenvalue weighted by Gasteiger charge is -2.08. The summed E-state index contributed by atoms with van der Waals surface area (Å²) in [5, 5.41) is 2.76. The van der Waals surface area contributed by atoms with Crippen LogP contribution < -0.4 is 10.1 Å². The number of nitrogens with one attached hydrogen (secondary N) is 1. The van der Waals surface area contributed by atoms with E-state index in [0.717, 1.165) is 12.2 Å². The van der Waals surface area contributed by atoms with E-state index in [0.29, 0.717) is 18.9 Å². The van der Waals surface area contributed by atoms with Crippen LogP contribution in [0.25, 0.3) is 0 Å². The summed E-state index contributed by atoms with van der Waals surface area (Å²) >= 11 is 0. The van der Waals surface area contributed by atoms with E-state index < -0.39 is 5.97 Å². The molecule has 0 radical (unpaired) electrons. The number of methoxy groups -OCH3 is 1. The van der Waals surface area contributed by atoms with Crippen molar-refractivity contribution >= 4 is 17.6 Å². The second-order valence-corrected chi connectivity index (χ2v) is 6.05. The highest BCUT2D eigenvalue weighted by molar-refractivity contribution is 5.92. The summed E-state index contributed by atoms with van der Waals surface area (Å²) in [6, 6.07) is 7.25. The number of rotatable bonds is 14. The molecule has 6 nitrogen and oxygen atoms in total. The Morgan fingerprint density at radius 1 is 0.923 bits per heavy atom. The maximum absolute atomic E-state index is 11.9. The highest BCUT2D eigenvalue weighted by atomic mass is 16.6. The molecule has 146 valence electrons. The number of unbranched alkanes of at least 4 members (excludes halogenated alkanes) is 4. The second-order valence-electron chi connectivity index (χ2n) is 6.05. The summed E-state index contributed by atoms with van der Waals surface area (Å²) < 4.78 is 15.4. The molecule has 26 heavy (non-hydrogen) atoms. The average molecular weight is 365 g/mol. The lowest BCUT2D eigenvalue weighted by atomic mass is 10.2. The third kappa shape index (κ3) is 10.7. The zero-order valence-corrected chi connectivity index (χ0v) is 15.9. The van der Waals surface area contributed by atoms with Gasteiger partial charge in [-0.3, -0.25) is 9.59 Å². The van der Waals surface area contributed by atoms with Crippen LogP contribution >= 0.6 is 0 Å². The second kappa shape index (κ2) is 14.1. The number of anilines is 1. The van der Waals surface area contributed by atoms with Crippen molar-refractivity contribution < 1.29 is 23.8 Å². The minimum Gasteiger partial charge on any atom is -0.494 e. The fraction of sp³-hybridized carbons (Fsp3) is 0.600. The van der Waals surface area contributed by atoms with Gasteiger partial charge >= 0.3 is 5.97 Å². The van der Waals surface area contributed by atoms with Crippen LogP contribution in [0.4, 0.5) is 5.69 Å². The van der Waals surface area contributed by atoms with Crippen molar-refractivity contribution in [3.8, 4) is 5.75 Å². The summed E-state index contributed by atoms with van der Waals surface area (Å²) in [4.78, 5) is 23.3. The van der Waals surface area contributed by atoms with Gasteiger partial charge in [0.25, 0.3) is 0 Å². The quantitative estimate of drug-likeness (QED) is 0.399. The molecule has 1 rings (SSSR count). The van der Waals surface area contributed by atoms with Crippen molar-refractivity contribution in [2.75, 3.05) is 32.2 Å². The van der Waals surface area contributed by atoms with Gasteiger partial charge < -0.3 is 19.5 Å². The zero-order valence-electron chi connectivity index (χ0n) is 15.9. The molecule has 0 aliphatic heterocycles. The Hall–Kier alpha value is -2.08. The number of esters is 1. The van der Waals surface area contributed by atoms with Crippen molar-refractivity contribution in [2.45, 2.75) is 51.9 Å². The van der Waals surface area contributed by atoms with Crippen LogP contribution in [0.5, 0.6) is 5.75 Å². The molecule has 0 aliphatic rings. The predicted octanol–water partition coefficient (Wildman–Crippen LogP) is 3.94. The number of benzene rings is 1. The number of amides is 1. The van der Waals surface area contributed by atoms with Crippen LogP contribution in [0.2, 0.25) is 0 Å². The van der Waals surface area contributed by atoms with Crippen LogP contribution in [0.3, 0.4) is 0 Å². The first-order valence-corrected chi connectivity index (χ1v) is 9.33. The summed E-state index contributed by atoms with van der Waals surface area (Å²) in [6.07, 6.45) is 6.15. The van der Waals surface area contributed by atoms with E-state index in [9.17, 15) is 9.59 Å². The Balaban J connectivity index is 2.20. The molecular formula is C20H31NO5. The average Bonchev–Trinajstić information content (AvgIpc) is 2.64. The Morgan fingerprint density at radius 3 is 2.35 bits per heavy atom. The van der Waals surface area contributed by atoms with E-state index in [4.69, 9.17) is 14.2 Å². The van der Waals surface area contributed by atoms with Crippen LogP contribution in [0.15, 0.2) is 24.3 Å². The number of hydrogen-bond acceptors (Lipinski definition) is 5. The first kappa shape index (κ1) is 22.0. The number of carbonyl (C=O) groups excluding carboxylic acids is 2. The van der Waals surface area contributed by atoms with Gasteiger partial charge in [0.1, 0.15) is 12.4 Å². The lowest BCUT2D eigenvalue weighted by molar-refractivity contribution is -0.145. The van der Waals surface area contributed by atoms with Crippen LogP contribution in [-0.4, -0.2) is 38.8 Å². The standard InChI is InChI=1S/C20H31NO5/c1-3-4-5-6-7-14-25-18-10-8-17(9-11-18)21-19(22)12-13-20(23)26-16-15-24-2/h8-11H,3-7,12-16H2,1-2H3,(H,21,22). The third-order valence-electron chi connectivity index (χ3n) is 3.76. The molecule has 0 aromatic heterocycles. The number of ether oxygens (including phenoxy) is 3. The van der Waals surface area contributed by atoms with Gasteiger partial charge in [0, 0.05) is 19.2 Å². The van der Waals surface area contributed by atoms with Crippen molar-refractivity contribution in [1.29, 1.82) is 0 Å². The first-order valence-electron chi connectivity index (χ1n) is 9.33. The van der Waals surface area contributed by atoms with Crippen molar-refractivity contribution in [3.63, 3.8) is 0 Å². The number of carbonyl (C=O) groups is 2. The SMILES string of the molecule is CCCCCCCOc1ccc(NC(=O)CCC(=O)OCCOC)cc1. The topological polar surface area (TPSA) is 73.9 Å². The van der Waals surface area contributed by atoms with Gasteiger partial charge in [0.05, 0.1) is 19.6 Å². The first-order chi connectivity index (χ1) is 12.7. The van der Waals surface area contributed by atoms with Crippen LogP contribution in [-0.2, 0) is 19.1 Å². The predicted molar refractivity (Wildman–Crippen MR) is 101 cm³/mol. The zero-order chi connectivity index (χ0) is 19.0. The van der Waals surface area contributed by atoms with Gasteiger partial charge in [0.2, 0.25) is 5.91 Å². The molecule has 0 spiro atoms. The smallest absolute Gasteiger partial charge is 0.306 e. The molecule has 0 saturated carbocycles. The molecule has 0 unspecified atom stereocenters. The van der Waals surface area contributed by atoms with Crippen molar-refractivity contribution in [2.24, 2.45) is 0 Å². The number of hydrogen-bond donors (Lipinski definition) is 1. The maximum atomic E-state index is 11.9. The fourth-order valence-corrected chi connectivity index (χ4v) is 2.28. The molecule has 0 atom stereocenters. The molecule has 6 heteroatoms. The summed E-state index contributed by atoms with van der Waals surface area (Å²) in [5.74, 6) is 0.165. The van der Waals surface area contributed by atoms with Gasteiger partial charge in [-0.2, -0.15) is 0 Å². The Morgan fingerprint density at radius 2 is 1.65 bits per heavy atom. The summed E-state index contributed by atoms with van der Waals surface area (Å²) in [7, 11) is 1.53. The third-order valence-corrected chi connectivity index (χ3v) is 3.76. The summed E-state index contributed by atoms with van der Waals surface area (Å²) in [5.41, 5.74) is 0.679. The minimum atomic E-state index is -0.403. The summed E-state index contributed by atoms with van der Waals surface area (Å²) in [6.45, 7) is 3.47. The maximum Gasteiger partial charge on any atom is 0.306 e. The van der Waals surface area contributed by atoms with E-state index in [1.807, 2.05) is 12.1 Å². The molecule has 0 heterocycles. The molecule has 0 bridgehead atoms. The van der Waals surface area contributed by atoms with Gasteiger partial charge in [-0.05, 0) is 30.7 Å². The molecule has 1 aromatic carbocycles. The van der Waals surface area contributed by atoms with E-state index in [1.54, 1.807) is 12.1 Å². The largest absolute Gasteiger partial charge is 0.494 e. The molecular weight excluding hydrogens is 334 g/mol. The van der Waals surface area contributed by atoms with E-state index in [1.165, 1.54) is 32.8 Å². The van der Waals surface area contributed by atoms with E-state index in [2.05, 4.69) is 12.2 Å². The Labute approximate surface area is 156 Å². The van der Waals surface area contributed by atoms with Gasteiger partial charge in [-0.1, -0.05) is 32.6 Å². The Kier molecular flexibility index (Phi) is 11.9. The highest BCUT2D eigenvalue weighted by Gasteiger charge is 2.08. The molecule has 0 aliphatic carbocycles. The molecule has 0 saturated heterocycles. The van der Waals surface area contributed by atoms with Gasteiger partial charge in [-0.15, -0.1) is 0 Å². The van der Waals surface area contributed by atoms with Crippen LogP contribution in [0, 0.1) is 0 Å². The van der Waals surface area contributed by atoms with Gasteiger partial charge in [0.15, 0.2) is 0 Å². The van der Waals surface area contributed by atoms with Gasteiger partial charge in [-0.25, -0.2) is 0 Å². The molecule has 0 fully saturated rings. The Bertz CT molecular complexity index is 515. The van der Waals surface area contributed by atoms with E-state index in [-0.39, 0.29) is 25.4 Å². The lowest BCUT2D eigenvalue weighted by Crippen LogP contribution is -2.15. The fourth-order valence-electron chi connectivity index (χ4n) is 2.28. The van der Waals surface area contributed by atoms with Crippen molar-refractivity contribution in [1.82, 2.24) is 0 Å². The van der Waals surface area contributed by atoms with Crippen molar-refractivity contribution in [3.05, 3.63) is 24.3 Å². The van der Waals surface area contributed by atoms with E-state index >= 15 is 0 Å². The molecule has 1 N–H and O–H groups in total. The normalized spacial score (nSPS) is 10.4. The van der Waals surface area contributed by atoms with Crippen LogP contribution in [0.1, 0.15) is 51.9 Å². The monoisotopic (exact) mass is 365 g/mol.